The molecule has 2 rings (SSSR count). The van der Waals surface area contributed by atoms with E-state index >= 15 is 0 Å². The van der Waals surface area contributed by atoms with E-state index in [9.17, 15) is 0 Å². The smallest absolute Gasteiger partial charge is 0.122 e. The predicted molar refractivity (Wildman–Crippen MR) is 54.8 cm³/mol. The molecule has 2 heteroatoms. The van der Waals surface area contributed by atoms with E-state index in [0.717, 1.165) is 18.8 Å². The van der Waals surface area contributed by atoms with E-state index in [0.29, 0.717) is 0 Å². The lowest BCUT2D eigenvalue weighted by Crippen LogP contribution is -1.86. The van der Waals surface area contributed by atoms with E-state index in [4.69, 9.17) is 4.74 Å². The first-order chi connectivity index (χ1) is 6.27. The first kappa shape index (κ1) is 9.65. The van der Waals surface area contributed by atoms with Gasteiger partial charge in [0.1, 0.15) is 5.75 Å². The molecule has 13 heavy (non-hydrogen) atoms. The lowest BCUT2D eigenvalue weighted by atomic mass is 10.1. The molecule has 0 amide bonds. The molecular formula is C11H15NO. The van der Waals surface area contributed by atoms with Crippen LogP contribution in [0.5, 0.6) is 5.75 Å². The van der Waals surface area contributed by atoms with Gasteiger partial charge in [0.25, 0.3) is 0 Å². The molecule has 0 atom stereocenters. The Morgan fingerprint density at radius 3 is 2.92 bits per heavy atom. The largest absolute Gasteiger partial charge is 0.493 e. The summed E-state index contributed by atoms with van der Waals surface area (Å²) in [5.74, 6) is 1.08. The van der Waals surface area contributed by atoms with Crippen LogP contribution in [0.2, 0.25) is 0 Å². The molecule has 1 aromatic rings. The van der Waals surface area contributed by atoms with Gasteiger partial charge in [-0.05, 0) is 30.3 Å². The van der Waals surface area contributed by atoms with Crippen LogP contribution in [0.3, 0.4) is 0 Å². The van der Waals surface area contributed by atoms with E-state index in [1.807, 2.05) is 0 Å². The maximum Gasteiger partial charge on any atom is 0.122 e. The Labute approximate surface area is 79.0 Å². The molecule has 0 fully saturated rings. The highest BCUT2D eigenvalue weighted by Crippen LogP contribution is 2.25. The second-order valence-corrected chi connectivity index (χ2v) is 2.95. The number of ether oxygens (including phenoxy) is 1. The van der Waals surface area contributed by atoms with Crippen LogP contribution in [-0.4, -0.2) is 6.61 Å². The van der Waals surface area contributed by atoms with E-state index in [1.54, 1.807) is 0 Å². The Balaban J connectivity index is 0.000000251. The van der Waals surface area contributed by atoms with Crippen molar-refractivity contribution < 1.29 is 4.74 Å². The molecule has 0 spiro atoms. The van der Waals surface area contributed by atoms with Crippen molar-refractivity contribution >= 4 is 0 Å². The second-order valence-electron chi connectivity index (χ2n) is 2.95. The summed E-state index contributed by atoms with van der Waals surface area (Å²) in [5.41, 5.74) is 7.24. The molecule has 0 bridgehead atoms. The monoisotopic (exact) mass is 177 g/mol. The molecule has 0 radical (unpaired) electrons. The van der Waals surface area contributed by atoms with Gasteiger partial charge in [-0.1, -0.05) is 18.7 Å². The Hall–Kier alpha value is -1.44. The number of fused-ring (bicyclic) bond motifs is 1. The summed E-state index contributed by atoms with van der Waals surface area (Å²) in [6, 6.07) is 6.38. The summed E-state index contributed by atoms with van der Waals surface area (Å²) >= 11 is 0. The Bertz CT molecular complexity index is 294. The molecule has 0 saturated carbocycles. The normalized spacial score (nSPS) is 12.1. The number of hydrogen-bond acceptors (Lipinski definition) is 2. The van der Waals surface area contributed by atoms with Crippen LogP contribution >= 0.6 is 0 Å². The fraction of sp³-hybridized carbons (Fsp3) is 0.273. The Kier molecular flexibility index (Phi) is 3.38. The fourth-order valence-corrected chi connectivity index (χ4v) is 1.27. The summed E-state index contributed by atoms with van der Waals surface area (Å²) < 4.78 is 5.38. The molecule has 0 aromatic heterocycles. The molecule has 1 aliphatic rings. The average molecular weight is 177 g/mol. The quantitative estimate of drug-likeness (QED) is 0.658. The standard InChI is InChI=1S/C9H10O.C2H5N/c1-7-2-3-8-4-5-10-9(8)6-7;1-2-3/h2-3,6H,4-5H2,1H3;2H,1,3H2. The lowest BCUT2D eigenvalue weighted by Gasteiger charge is -1.97. The van der Waals surface area contributed by atoms with Crippen molar-refractivity contribution in [3.05, 3.63) is 42.1 Å². The van der Waals surface area contributed by atoms with Gasteiger partial charge in [0.2, 0.25) is 0 Å². The molecule has 2 N–H and O–H groups in total. The first-order valence-electron chi connectivity index (χ1n) is 4.33. The zero-order chi connectivity index (χ0) is 9.68. The number of aryl methyl sites for hydroxylation is 1. The number of hydrogen-bond donors (Lipinski definition) is 1. The molecule has 0 unspecified atom stereocenters. The van der Waals surface area contributed by atoms with Crippen molar-refractivity contribution in [2.45, 2.75) is 13.3 Å². The maximum absolute atomic E-state index is 5.38. The molecule has 0 aliphatic carbocycles. The fourth-order valence-electron chi connectivity index (χ4n) is 1.27. The van der Waals surface area contributed by atoms with Crippen molar-refractivity contribution in [2.75, 3.05) is 6.61 Å². The van der Waals surface area contributed by atoms with Gasteiger partial charge in [-0.25, -0.2) is 0 Å². The van der Waals surface area contributed by atoms with Crippen molar-refractivity contribution in [3.63, 3.8) is 0 Å². The molecule has 1 aromatic carbocycles. The average Bonchev–Trinajstić information content (AvgIpc) is 2.52. The van der Waals surface area contributed by atoms with Gasteiger partial charge in [0, 0.05) is 6.42 Å². The van der Waals surface area contributed by atoms with Gasteiger partial charge in [-0.15, -0.1) is 0 Å². The maximum atomic E-state index is 5.38. The van der Waals surface area contributed by atoms with Crippen LogP contribution in [0.1, 0.15) is 11.1 Å². The summed E-state index contributed by atoms with van der Waals surface area (Å²) in [6.45, 7) is 6.08. The first-order valence-corrected chi connectivity index (χ1v) is 4.33. The molecule has 0 saturated heterocycles. The SMILES string of the molecule is C=CN.Cc1ccc2c(c1)OCC2. The van der Waals surface area contributed by atoms with Gasteiger partial charge in [0.15, 0.2) is 0 Å². The highest BCUT2D eigenvalue weighted by Gasteiger charge is 2.09. The van der Waals surface area contributed by atoms with E-state index in [-0.39, 0.29) is 0 Å². The third-order valence-corrected chi connectivity index (χ3v) is 1.85. The minimum absolute atomic E-state index is 0.860. The Morgan fingerprint density at radius 2 is 2.23 bits per heavy atom. The summed E-state index contributed by atoms with van der Waals surface area (Å²) in [4.78, 5) is 0. The third kappa shape index (κ3) is 2.51. The van der Waals surface area contributed by atoms with Crippen LogP contribution in [0.4, 0.5) is 0 Å². The van der Waals surface area contributed by atoms with Crippen LogP contribution in [0, 0.1) is 6.92 Å². The topological polar surface area (TPSA) is 35.2 Å². The number of nitrogens with two attached hydrogens (primary N) is 1. The second kappa shape index (κ2) is 4.55. The van der Waals surface area contributed by atoms with Gasteiger partial charge >= 0.3 is 0 Å². The van der Waals surface area contributed by atoms with Gasteiger partial charge < -0.3 is 10.5 Å². The number of rotatable bonds is 0. The summed E-state index contributed by atoms with van der Waals surface area (Å²) in [7, 11) is 0. The zero-order valence-corrected chi connectivity index (χ0v) is 7.92. The molecular weight excluding hydrogens is 162 g/mol. The van der Waals surface area contributed by atoms with Gasteiger partial charge in [-0.3, -0.25) is 0 Å². The molecule has 2 nitrogen and oxygen atoms in total. The molecule has 70 valence electrons. The van der Waals surface area contributed by atoms with Crippen molar-refractivity contribution in [1.29, 1.82) is 0 Å². The van der Waals surface area contributed by atoms with Crippen molar-refractivity contribution in [3.8, 4) is 5.75 Å². The summed E-state index contributed by atoms with van der Waals surface area (Å²) in [6.07, 6.45) is 2.33. The van der Waals surface area contributed by atoms with Crippen LogP contribution in [0.15, 0.2) is 31.0 Å². The third-order valence-electron chi connectivity index (χ3n) is 1.85. The number of benzene rings is 1. The lowest BCUT2D eigenvalue weighted by molar-refractivity contribution is 0.356. The van der Waals surface area contributed by atoms with Crippen LogP contribution in [-0.2, 0) is 6.42 Å². The van der Waals surface area contributed by atoms with Crippen molar-refractivity contribution in [1.82, 2.24) is 0 Å². The van der Waals surface area contributed by atoms with Crippen molar-refractivity contribution in [2.24, 2.45) is 5.73 Å². The highest BCUT2D eigenvalue weighted by molar-refractivity contribution is 5.39. The van der Waals surface area contributed by atoms with E-state index in [2.05, 4.69) is 37.4 Å². The minimum atomic E-state index is 0.860. The van der Waals surface area contributed by atoms with E-state index in [1.165, 1.54) is 17.3 Å². The van der Waals surface area contributed by atoms with Gasteiger partial charge in [0.05, 0.1) is 6.61 Å². The Morgan fingerprint density at radius 1 is 1.54 bits per heavy atom. The van der Waals surface area contributed by atoms with E-state index < -0.39 is 0 Å². The van der Waals surface area contributed by atoms with Gasteiger partial charge in [-0.2, -0.15) is 0 Å². The predicted octanol–water partition coefficient (Wildman–Crippen LogP) is 2.02. The summed E-state index contributed by atoms with van der Waals surface area (Å²) in [5, 5.41) is 0. The zero-order valence-electron chi connectivity index (χ0n) is 7.92. The molecule has 1 aliphatic heterocycles. The molecule has 1 heterocycles. The van der Waals surface area contributed by atoms with Crippen LogP contribution in [0.25, 0.3) is 0 Å². The highest BCUT2D eigenvalue weighted by atomic mass is 16.5. The minimum Gasteiger partial charge on any atom is -0.493 e. The van der Waals surface area contributed by atoms with Crippen LogP contribution < -0.4 is 10.5 Å².